The van der Waals surface area contributed by atoms with Gasteiger partial charge in [-0.3, -0.25) is 9.59 Å². The van der Waals surface area contributed by atoms with Gasteiger partial charge in [0.15, 0.2) is 0 Å². The molecule has 0 radical (unpaired) electrons. The third-order valence-electron chi connectivity index (χ3n) is 4.60. The Labute approximate surface area is 157 Å². The highest BCUT2D eigenvalue weighted by atomic mass is 16.3. The monoisotopic (exact) mass is 365 g/mol. The molecule has 0 spiro atoms. The van der Waals surface area contributed by atoms with Gasteiger partial charge in [0.05, 0.1) is 12.1 Å². The number of aryl methyl sites for hydroxylation is 1. The first kappa shape index (κ1) is 18.7. The van der Waals surface area contributed by atoms with Crippen LogP contribution in [0.1, 0.15) is 30.2 Å². The Bertz CT molecular complexity index is 950. The lowest BCUT2D eigenvalue weighted by Crippen LogP contribution is -2.42. The number of aliphatic hydroxyl groups is 1. The number of nitrogens with one attached hydrogen (secondary N) is 2. The number of hydrogen-bond acceptors (Lipinski definition) is 3. The van der Waals surface area contributed by atoms with E-state index in [-0.39, 0.29) is 12.6 Å². The smallest absolute Gasteiger partial charge is 0.309 e. The van der Waals surface area contributed by atoms with Crippen LogP contribution < -0.4 is 10.6 Å². The van der Waals surface area contributed by atoms with Crippen LogP contribution in [0.3, 0.4) is 0 Å². The second-order valence-corrected chi connectivity index (χ2v) is 6.54. The summed E-state index contributed by atoms with van der Waals surface area (Å²) < 4.78 is 1.92. The zero-order valence-electron chi connectivity index (χ0n) is 15.3. The van der Waals surface area contributed by atoms with Crippen LogP contribution in [0.15, 0.2) is 60.8 Å². The van der Waals surface area contributed by atoms with Gasteiger partial charge >= 0.3 is 11.8 Å². The van der Waals surface area contributed by atoms with Crippen molar-refractivity contribution >= 4 is 22.7 Å². The molecule has 1 aromatic heterocycles. The fourth-order valence-corrected chi connectivity index (χ4v) is 3.11. The highest BCUT2D eigenvalue weighted by Gasteiger charge is 2.20. The Balaban J connectivity index is 1.58. The minimum atomic E-state index is -0.903. The molecule has 0 saturated carbocycles. The predicted molar refractivity (Wildman–Crippen MR) is 104 cm³/mol. The van der Waals surface area contributed by atoms with Gasteiger partial charge in [-0.05, 0) is 18.6 Å². The summed E-state index contributed by atoms with van der Waals surface area (Å²) in [4.78, 5) is 24.2. The van der Waals surface area contributed by atoms with E-state index in [0.29, 0.717) is 5.56 Å². The number of aromatic nitrogens is 1. The number of hydrogen-bond donors (Lipinski definition) is 3. The number of carbonyl (C=O) groups excluding carboxylic acids is 2. The molecule has 0 fully saturated rings. The van der Waals surface area contributed by atoms with Crippen molar-refractivity contribution in [2.75, 3.05) is 6.54 Å². The first-order chi connectivity index (χ1) is 13.0. The Morgan fingerprint density at radius 1 is 1.04 bits per heavy atom. The predicted octanol–water partition coefficient (Wildman–Crippen LogP) is 2.21. The molecule has 0 unspecified atom stereocenters. The van der Waals surface area contributed by atoms with Crippen molar-refractivity contribution in [3.63, 3.8) is 0 Å². The standard InChI is InChI=1S/C21H23N3O3/c1-14(15-8-4-3-5-9-15)23-21(27)20(26)22-12-19(25)17-13-24(2)18-11-7-6-10-16(17)18/h3-11,13-14,19,25H,12H2,1-2H3,(H,22,26)(H,23,27)/t14-,19-/m1/s1. The number of para-hydroxylation sites is 1. The van der Waals surface area contributed by atoms with Crippen molar-refractivity contribution in [2.24, 2.45) is 7.05 Å². The van der Waals surface area contributed by atoms with Crippen LogP contribution in [0.4, 0.5) is 0 Å². The van der Waals surface area contributed by atoms with Crippen LogP contribution in [-0.2, 0) is 16.6 Å². The van der Waals surface area contributed by atoms with E-state index in [9.17, 15) is 14.7 Å². The van der Waals surface area contributed by atoms with Crippen molar-refractivity contribution in [3.05, 3.63) is 71.9 Å². The second kappa shape index (κ2) is 8.05. The summed E-state index contributed by atoms with van der Waals surface area (Å²) in [6.45, 7) is 1.77. The molecule has 2 amide bonds. The van der Waals surface area contributed by atoms with Gasteiger partial charge in [-0.15, -0.1) is 0 Å². The topological polar surface area (TPSA) is 83.4 Å². The maximum Gasteiger partial charge on any atom is 0.309 e. The van der Waals surface area contributed by atoms with Crippen LogP contribution in [0.2, 0.25) is 0 Å². The van der Waals surface area contributed by atoms with Crippen LogP contribution in [-0.4, -0.2) is 28.0 Å². The third kappa shape index (κ3) is 4.17. The van der Waals surface area contributed by atoms with Crippen molar-refractivity contribution in [1.82, 2.24) is 15.2 Å². The first-order valence-corrected chi connectivity index (χ1v) is 8.83. The maximum atomic E-state index is 12.1. The molecule has 140 valence electrons. The minimum Gasteiger partial charge on any atom is -0.386 e. The summed E-state index contributed by atoms with van der Waals surface area (Å²) in [6.07, 6.45) is 0.929. The van der Waals surface area contributed by atoms with E-state index in [2.05, 4.69) is 10.6 Å². The van der Waals surface area contributed by atoms with Crippen LogP contribution in [0.25, 0.3) is 10.9 Å². The molecule has 3 aromatic rings. The molecule has 1 heterocycles. The third-order valence-corrected chi connectivity index (χ3v) is 4.60. The number of benzene rings is 2. The molecule has 0 aliphatic heterocycles. The van der Waals surface area contributed by atoms with Gasteiger partial charge in [0.1, 0.15) is 0 Å². The van der Waals surface area contributed by atoms with E-state index in [4.69, 9.17) is 0 Å². The van der Waals surface area contributed by atoms with Gasteiger partial charge in [-0.1, -0.05) is 48.5 Å². The summed E-state index contributed by atoms with van der Waals surface area (Å²) in [5, 5.41) is 16.5. The van der Waals surface area contributed by atoms with Crippen molar-refractivity contribution < 1.29 is 14.7 Å². The number of amides is 2. The molecule has 3 N–H and O–H groups in total. The lowest BCUT2D eigenvalue weighted by atomic mass is 10.1. The van der Waals surface area contributed by atoms with Crippen molar-refractivity contribution in [1.29, 1.82) is 0 Å². The molecule has 0 aliphatic rings. The van der Waals surface area contributed by atoms with Crippen molar-refractivity contribution in [3.8, 4) is 0 Å². The lowest BCUT2D eigenvalue weighted by Gasteiger charge is -2.15. The second-order valence-electron chi connectivity index (χ2n) is 6.54. The minimum absolute atomic E-state index is 0.0417. The van der Waals surface area contributed by atoms with E-state index in [1.165, 1.54) is 0 Å². The van der Waals surface area contributed by atoms with Crippen LogP contribution >= 0.6 is 0 Å². The Kier molecular flexibility index (Phi) is 5.57. The van der Waals surface area contributed by atoms with Crippen molar-refractivity contribution in [2.45, 2.75) is 19.1 Å². The number of nitrogens with zero attached hydrogens (tertiary/aromatic N) is 1. The summed E-state index contributed by atoms with van der Waals surface area (Å²) >= 11 is 0. The molecule has 27 heavy (non-hydrogen) atoms. The first-order valence-electron chi connectivity index (χ1n) is 8.83. The van der Waals surface area contributed by atoms with Gasteiger partial charge in [0, 0.05) is 36.3 Å². The molecule has 0 bridgehead atoms. The lowest BCUT2D eigenvalue weighted by molar-refractivity contribution is -0.139. The van der Waals surface area contributed by atoms with Gasteiger partial charge in [-0.2, -0.15) is 0 Å². The summed E-state index contributed by atoms with van der Waals surface area (Å²) in [7, 11) is 1.90. The number of fused-ring (bicyclic) bond motifs is 1. The highest BCUT2D eigenvalue weighted by Crippen LogP contribution is 2.25. The molecular weight excluding hydrogens is 342 g/mol. The Morgan fingerprint density at radius 2 is 1.70 bits per heavy atom. The Morgan fingerprint density at radius 3 is 2.44 bits per heavy atom. The van der Waals surface area contributed by atoms with E-state index < -0.39 is 17.9 Å². The average Bonchev–Trinajstić information content (AvgIpc) is 3.03. The molecule has 6 nitrogen and oxygen atoms in total. The quantitative estimate of drug-likeness (QED) is 0.606. The largest absolute Gasteiger partial charge is 0.386 e. The molecular formula is C21H23N3O3. The van der Waals surface area contributed by atoms with Crippen LogP contribution in [0.5, 0.6) is 0 Å². The van der Waals surface area contributed by atoms with Gasteiger partial charge in [0.2, 0.25) is 0 Å². The molecule has 2 aromatic carbocycles. The van der Waals surface area contributed by atoms with E-state index in [1.807, 2.05) is 79.3 Å². The molecule has 3 rings (SSSR count). The fraction of sp³-hybridized carbons (Fsp3) is 0.238. The number of carbonyl (C=O) groups is 2. The zero-order valence-corrected chi connectivity index (χ0v) is 15.3. The summed E-state index contributed by atoms with van der Waals surface area (Å²) in [6, 6.07) is 16.8. The van der Waals surface area contributed by atoms with E-state index in [1.54, 1.807) is 0 Å². The van der Waals surface area contributed by atoms with E-state index >= 15 is 0 Å². The average molecular weight is 365 g/mol. The molecule has 6 heteroatoms. The van der Waals surface area contributed by atoms with Gasteiger partial charge < -0.3 is 20.3 Å². The summed E-state index contributed by atoms with van der Waals surface area (Å²) in [5.41, 5.74) is 2.62. The highest BCUT2D eigenvalue weighted by molar-refractivity contribution is 6.35. The number of aliphatic hydroxyl groups excluding tert-OH is 1. The molecule has 0 aliphatic carbocycles. The van der Waals surface area contributed by atoms with Crippen LogP contribution in [0, 0.1) is 0 Å². The SMILES string of the molecule is C[C@@H](NC(=O)C(=O)NC[C@@H](O)c1cn(C)c2ccccc12)c1ccccc1. The molecule has 0 saturated heterocycles. The van der Waals surface area contributed by atoms with Gasteiger partial charge in [-0.25, -0.2) is 0 Å². The number of rotatable bonds is 5. The fourth-order valence-electron chi connectivity index (χ4n) is 3.11. The zero-order chi connectivity index (χ0) is 19.4. The maximum absolute atomic E-state index is 12.1. The summed E-state index contributed by atoms with van der Waals surface area (Å²) in [5.74, 6) is -1.49. The van der Waals surface area contributed by atoms with E-state index in [0.717, 1.165) is 16.5 Å². The molecule has 2 atom stereocenters. The van der Waals surface area contributed by atoms with Gasteiger partial charge in [0.25, 0.3) is 0 Å². The Hall–Kier alpha value is -3.12. The normalized spacial score (nSPS) is 13.1.